The van der Waals surface area contributed by atoms with Crippen molar-refractivity contribution in [2.75, 3.05) is 6.54 Å². The quantitative estimate of drug-likeness (QED) is 0.906. The molecule has 3 nitrogen and oxygen atoms in total. The molecule has 1 heterocycles. The molecule has 0 amide bonds. The van der Waals surface area contributed by atoms with Gasteiger partial charge in [0.1, 0.15) is 0 Å². The highest BCUT2D eigenvalue weighted by molar-refractivity contribution is 5.88. The maximum Gasteiger partial charge on any atom is 0.335 e. The van der Waals surface area contributed by atoms with E-state index in [0.717, 1.165) is 24.1 Å². The first-order chi connectivity index (χ1) is 10.2. The van der Waals surface area contributed by atoms with E-state index in [9.17, 15) is 4.79 Å². The normalized spacial score (nSPS) is 17.0. The van der Waals surface area contributed by atoms with Gasteiger partial charge in [0, 0.05) is 6.54 Å². The van der Waals surface area contributed by atoms with E-state index in [2.05, 4.69) is 30.1 Å². The van der Waals surface area contributed by atoms with Gasteiger partial charge in [0.25, 0.3) is 0 Å². The number of nitrogens with one attached hydrogen (secondary N) is 1. The van der Waals surface area contributed by atoms with Crippen molar-refractivity contribution in [2.24, 2.45) is 0 Å². The van der Waals surface area contributed by atoms with E-state index in [4.69, 9.17) is 5.11 Å². The van der Waals surface area contributed by atoms with E-state index in [0.29, 0.717) is 0 Å². The van der Waals surface area contributed by atoms with Crippen LogP contribution in [0.5, 0.6) is 0 Å². The average molecular weight is 279 g/mol. The molecule has 3 rings (SSSR count). The van der Waals surface area contributed by atoms with Crippen LogP contribution < -0.4 is 5.32 Å². The van der Waals surface area contributed by atoms with Crippen molar-refractivity contribution in [2.45, 2.75) is 12.5 Å². The minimum Gasteiger partial charge on any atom is -0.478 e. The van der Waals surface area contributed by atoms with Crippen molar-refractivity contribution in [3.05, 3.63) is 76.9 Å². The lowest BCUT2D eigenvalue weighted by Gasteiger charge is -2.28. The molecule has 21 heavy (non-hydrogen) atoms. The van der Waals surface area contributed by atoms with Crippen LogP contribution in [0.3, 0.4) is 0 Å². The molecule has 2 aromatic carbocycles. The summed E-state index contributed by atoms with van der Waals surface area (Å²) in [5.41, 5.74) is 4.83. The van der Waals surface area contributed by atoms with Gasteiger partial charge < -0.3 is 10.4 Å². The molecule has 0 bridgehead atoms. The molecule has 1 atom stereocenters. The summed E-state index contributed by atoms with van der Waals surface area (Å²) < 4.78 is 0. The number of rotatable bonds is 3. The van der Waals surface area contributed by atoms with Crippen molar-refractivity contribution in [3.63, 3.8) is 0 Å². The van der Waals surface area contributed by atoms with Gasteiger partial charge >= 0.3 is 5.97 Å². The first-order valence-electron chi connectivity index (χ1n) is 7.01. The smallest absolute Gasteiger partial charge is 0.335 e. The third kappa shape index (κ3) is 2.48. The van der Waals surface area contributed by atoms with Gasteiger partial charge in [-0.25, -0.2) is 4.79 Å². The Morgan fingerprint density at radius 3 is 2.81 bits per heavy atom. The first-order valence-corrected chi connectivity index (χ1v) is 7.01. The molecule has 0 fully saturated rings. The highest BCUT2D eigenvalue weighted by Gasteiger charge is 2.22. The van der Waals surface area contributed by atoms with Crippen molar-refractivity contribution in [1.29, 1.82) is 0 Å². The largest absolute Gasteiger partial charge is 0.478 e. The molecule has 0 saturated carbocycles. The van der Waals surface area contributed by atoms with Gasteiger partial charge in [-0.3, -0.25) is 0 Å². The van der Waals surface area contributed by atoms with Crippen LogP contribution in [0.2, 0.25) is 0 Å². The Morgan fingerprint density at radius 2 is 2.05 bits per heavy atom. The van der Waals surface area contributed by atoms with Gasteiger partial charge in [-0.15, -0.1) is 0 Å². The van der Waals surface area contributed by atoms with Gasteiger partial charge in [0.05, 0.1) is 11.6 Å². The summed E-state index contributed by atoms with van der Waals surface area (Å²) in [5.74, 6) is -0.915. The van der Waals surface area contributed by atoms with E-state index < -0.39 is 5.97 Å². The molecular formula is C18H17NO2. The van der Waals surface area contributed by atoms with Crippen LogP contribution in [0.15, 0.2) is 49.0 Å². The topological polar surface area (TPSA) is 49.3 Å². The minimum absolute atomic E-state index is 0.0887. The molecule has 2 aromatic rings. The van der Waals surface area contributed by atoms with E-state index in [-0.39, 0.29) is 11.6 Å². The van der Waals surface area contributed by atoms with Crippen molar-refractivity contribution in [3.8, 4) is 0 Å². The fraction of sp³-hybridized carbons (Fsp3) is 0.167. The molecule has 0 aromatic heterocycles. The second-order valence-corrected chi connectivity index (χ2v) is 5.19. The second kappa shape index (κ2) is 5.54. The number of carboxylic acid groups (broad SMARTS) is 1. The van der Waals surface area contributed by atoms with Crippen LogP contribution in [0, 0.1) is 0 Å². The van der Waals surface area contributed by atoms with Gasteiger partial charge in [-0.05, 0) is 40.8 Å². The van der Waals surface area contributed by atoms with Gasteiger partial charge in [-0.1, -0.05) is 43.0 Å². The Balaban J connectivity index is 2.09. The number of carbonyl (C=O) groups is 1. The second-order valence-electron chi connectivity index (χ2n) is 5.19. The summed E-state index contributed by atoms with van der Waals surface area (Å²) in [6.45, 7) is 4.74. The van der Waals surface area contributed by atoms with Crippen LogP contribution in [-0.4, -0.2) is 17.6 Å². The highest BCUT2D eigenvalue weighted by atomic mass is 16.4. The Bertz CT molecular complexity index is 706. The standard InChI is InChI=1S/C18H17NO2/c1-2-12-11-14(18(20)21)7-8-16(12)17-15-6-4-3-5-13(15)9-10-19-17/h2-8,11,17,19H,1,9-10H2,(H,20,21). The van der Waals surface area contributed by atoms with Crippen LogP contribution in [0.25, 0.3) is 6.08 Å². The highest BCUT2D eigenvalue weighted by Crippen LogP contribution is 2.31. The maximum absolute atomic E-state index is 11.1. The molecular weight excluding hydrogens is 262 g/mol. The van der Waals surface area contributed by atoms with E-state index in [1.165, 1.54) is 11.1 Å². The molecule has 3 heteroatoms. The summed E-state index contributed by atoms with van der Waals surface area (Å²) in [4.78, 5) is 11.1. The molecule has 0 radical (unpaired) electrons. The number of benzene rings is 2. The monoisotopic (exact) mass is 279 g/mol. The van der Waals surface area contributed by atoms with E-state index in [1.54, 1.807) is 18.2 Å². The van der Waals surface area contributed by atoms with E-state index in [1.807, 2.05) is 12.1 Å². The Hall–Kier alpha value is -2.39. The molecule has 1 unspecified atom stereocenters. The molecule has 1 aliphatic heterocycles. The third-order valence-corrected chi connectivity index (χ3v) is 3.97. The number of hydrogen-bond donors (Lipinski definition) is 2. The predicted octanol–water partition coefficient (Wildman–Crippen LogP) is 3.26. The fourth-order valence-electron chi connectivity index (χ4n) is 2.93. The van der Waals surface area contributed by atoms with Crippen molar-refractivity contribution in [1.82, 2.24) is 5.32 Å². The number of aromatic carboxylic acids is 1. The summed E-state index contributed by atoms with van der Waals surface area (Å²) >= 11 is 0. The van der Waals surface area contributed by atoms with Crippen molar-refractivity contribution >= 4 is 12.0 Å². The average Bonchev–Trinajstić information content (AvgIpc) is 2.53. The SMILES string of the molecule is C=Cc1cc(C(=O)O)ccc1C1NCCc2ccccc21. The summed E-state index contributed by atoms with van der Waals surface area (Å²) in [6.07, 6.45) is 2.74. The Labute approximate surface area is 123 Å². The van der Waals surface area contributed by atoms with Crippen molar-refractivity contribution < 1.29 is 9.90 Å². The van der Waals surface area contributed by atoms with E-state index >= 15 is 0 Å². The number of hydrogen-bond acceptors (Lipinski definition) is 2. The van der Waals surface area contributed by atoms with Crippen LogP contribution in [0.4, 0.5) is 0 Å². The lowest BCUT2D eigenvalue weighted by Crippen LogP contribution is -2.31. The summed E-state index contributed by atoms with van der Waals surface area (Å²) in [7, 11) is 0. The minimum atomic E-state index is -0.915. The Morgan fingerprint density at radius 1 is 1.24 bits per heavy atom. The first kappa shape index (κ1) is 13.6. The molecule has 0 aliphatic carbocycles. The lowest BCUT2D eigenvalue weighted by molar-refractivity contribution is 0.0697. The zero-order valence-electron chi connectivity index (χ0n) is 11.7. The zero-order valence-corrected chi connectivity index (χ0v) is 11.7. The van der Waals surface area contributed by atoms with Gasteiger partial charge in [0.15, 0.2) is 0 Å². The summed E-state index contributed by atoms with van der Waals surface area (Å²) in [6, 6.07) is 13.7. The number of fused-ring (bicyclic) bond motifs is 1. The summed E-state index contributed by atoms with van der Waals surface area (Å²) in [5, 5.41) is 12.6. The lowest BCUT2D eigenvalue weighted by atomic mass is 9.87. The molecule has 0 spiro atoms. The molecule has 0 saturated heterocycles. The Kier molecular flexibility index (Phi) is 3.59. The fourth-order valence-corrected chi connectivity index (χ4v) is 2.93. The zero-order chi connectivity index (χ0) is 14.8. The van der Waals surface area contributed by atoms with Gasteiger partial charge in [0.2, 0.25) is 0 Å². The third-order valence-electron chi connectivity index (χ3n) is 3.97. The molecule has 106 valence electrons. The predicted molar refractivity (Wildman–Crippen MR) is 83.5 cm³/mol. The van der Waals surface area contributed by atoms with Gasteiger partial charge in [-0.2, -0.15) is 0 Å². The molecule has 2 N–H and O–H groups in total. The number of carboxylic acids is 1. The van der Waals surface area contributed by atoms with Crippen LogP contribution in [-0.2, 0) is 6.42 Å². The molecule has 1 aliphatic rings. The maximum atomic E-state index is 11.1. The van der Waals surface area contributed by atoms with Crippen LogP contribution >= 0.6 is 0 Å². The van der Waals surface area contributed by atoms with Crippen LogP contribution in [0.1, 0.15) is 38.7 Å².